The largest absolute Gasteiger partial charge is 0.398 e. The molecule has 3 N–H and O–H groups in total. The molecule has 2 rings (SSSR count). The highest BCUT2D eigenvalue weighted by Gasteiger charge is 2.07. The summed E-state index contributed by atoms with van der Waals surface area (Å²) in [5, 5.41) is 7.70. The summed E-state index contributed by atoms with van der Waals surface area (Å²) >= 11 is 5.83. The molecule has 0 unspecified atom stereocenters. The van der Waals surface area contributed by atoms with E-state index >= 15 is 0 Å². The Bertz CT molecular complexity index is 651. The number of benzene rings is 1. The Balaban J connectivity index is 1.81. The molecule has 0 atom stereocenters. The summed E-state index contributed by atoms with van der Waals surface area (Å²) in [5.74, 6) is -0.147. The fourth-order valence-electron chi connectivity index (χ4n) is 2.12. The number of carbonyl (C=O) groups is 1. The predicted molar refractivity (Wildman–Crippen MR) is 84.5 cm³/mol. The average Bonchev–Trinajstić information content (AvgIpc) is 2.76. The van der Waals surface area contributed by atoms with Crippen LogP contribution in [0.3, 0.4) is 0 Å². The van der Waals surface area contributed by atoms with Crippen molar-refractivity contribution in [1.29, 1.82) is 0 Å². The fraction of sp³-hybridized carbons (Fsp3) is 0.333. The van der Waals surface area contributed by atoms with E-state index in [1.807, 2.05) is 24.6 Å². The Kier molecular flexibility index (Phi) is 4.85. The quantitative estimate of drug-likeness (QED) is 0.658. The van der Waals surface area contributed by atoms with Crippen LogP contribution in [-0.2, 0) is 6.54 Å². The number of halogens is 1. The first-order valence-corrected chi connectivity index (χ1v) is 7.19. The first-order chi connectivity index (χ1) is 9.97. The highest BCUT2D eigenvalue weighted by atomic mass is 35.5. The molecule has 1 aromatic heterocycles. The molecule has 5 nitrogen and oxygen atoms in total. The maximum Gasteiger partial charge on any atom is 0.251 e. The minimum Gasteiger partial charge on any atom is -0.398 e. The molecule has 0 aliphatic carbocycles. The first-order valence-electron chi connectivity index (χ1n) is 6.81. The van der Waals surface area contributed by atoms with E-state index in [2.05, 4.69) is 10.4 Å². The van der Waals surface area contributed by atoms with Crippen molar-refractivity contribution in [3.8, 4) is 0 Å². The third kappa shape index (κ3) is 3.98. The van der Waals surface area contributed by atoms with Crippen LogP contribution < -0.4 is 11.1 Å². The lowest BCUT2D eigenvalue weighted by atomic mass is 10.2. The molecule has 1 amide bonds. The number of nitrogens with zero attached hydrogens (tertiary/aromatic N) is 2. The van der Waals surface area contributed by atoms with E-state index in [1.54, 1.807) is 18.2 Å². The Morgan fingerprint density at radius 3 is 2.76 bits per heavy atom. The van der Waals surface area contributed by atoms with Gasteiger partial charge >= 0.3 is 0 Å². The van der Waals surface area contributed by atoms with Crippen molar-refractivity contribution >= 4 is 23.2 Å². The molecule has 0 saturated carbocycles. The molecule has 0 radical (unpaired) electrons. The van der Waals surface area contributed by atoms with Gasteiger partial charge in [-0.3, -0.25) is 9.48 Å². The van der Waals surface area contributed by atoms with Gasteiger partial charge < -0.3 is 11.1 Å². The standard InChI is InChI=1S/C15H19ClN4O/c1-10-8-11(2)20(19-10)7-3-6-18-15(21)12-4-5-13(16)14(17)9-12/h4-5,8-9H,3,6-7,17H2,1-2H3,(H,18,21). The Labute approximate surface area is 129 Å². The van der Waals surface area contributed by atoms with Gasteiger partial charge in [0.2, 0.25) is 0 Å². The molecular weight excluding hydrogens is 288 g/mol. The van der Waals surface area contributed by atoms with Crippen LogP contribution in [0.25, 0.3) is 0 Å². The van der Waals surface area contributed by atoms with Gasteiger partial charge in [0.25, 0.3) is 5.91 Å². The van der Waals surface area contributed by atoms with Crippen molar-refractivity contribution < 1.29 is 4.79 Å². The van der Waals surface area contributed by atoms with Gasteiger partial charge in [0.15, 0.2) is 0 Å². The molecular formula is C15H19ClN4O. The summed E-state index contributed by atoms with van der Waals surface area (Å²) in [4.78, 5) is 12.0. The van der Waals surface area contributed by atoms with Crippen molar-refractivity contribution in [1.82, 2.24) is 15.1 Å². The van der Waals surface area contributed by atoms with E-state index in [0.29, 0.717) is 22.8 Å². The number of aryl methyl sites for hydroxylation is 3. The minimum atomic E-state index is -0.147. The monoisotopic (exact) mass is 306 g/mol. The minimum absolute atomic E-state index is 0.147. The van der Waals surface area contributed by atoms with Crippen molar-refractivity contribution in [2.75, 3.05) is 12.3 Å². The van der Waals surface area contributed by atoms with E-state index < -0.39 is 0 Å². The molecule has 0 spiro atoms. The summed E-state index contributed by atoms with van der Waals surface area (Å²) in [5.41, 5.74) is 8.75. The molecule has 0 fully saturated rings. The molecule has 2 aromatic rings. The molecule has 0 aliphatic heterocycles. The molecule has 112 valence electrons. The van der Waals surface area contributed by atoms with E-state index in [4.69, 9.17) is 17.3 Å². The van der Waals surface area contributed by atoms with E-state index in [9.17, 15) is 4.79 Å². The second-order valence-electron chi connectivity index (χ2n) is 5.00. The maximum atomic E-state index is 12.0. The van der Waals surface area contributed by atoms with Crippen LogP contribution in [0.2, 0.25) is 5.02 Å². The van der Waals surface area contributed by atoms with Crippen molar-refractivity contribution in [3.05, 3.63) is 46.2 Å². The van der Waals surface area contributed by atoms with Gasteiger partial charge in [0.05, 0.1) is 16.4 Å². The highest BCUT2D eigenvalue weighted by molar-refractivity contribution is 6.33. The van der Waals surface area contributed by atoms with Gasteiger partial charge in [-0.15, -0.1) is 0 Å². The van der Waals surface area contributed by atoms with Crippen molar-refractivity contribution in [2.45, 2.75) is 26.8 Å². The third-order valence-electron chi connectivity index (χ3n) is 3.19. The average molecular weight is 307 g/mol. The smallest absolute Gasteiger partial charge is 0.251 e. The number of amides is 1. The molecule has 1 heterocycles. The van der Waals surface area contributed by atoms with Gasteiger partial charge in [-0.05, 0) is 44.5 Å². The van der Waals surface area contributed by atoms with Crippen molar-refractivity contribution in [2.24, 2.45) is 0 Å². The molecule has 0 saturated heterocycles. The lowest BCUT2D eigenvalue weighted by Gasteiger charge is -2.07. The van der Waals surface area contributed by atoms with Crippen LogP contribution in [0.4, 0.5) is 5.69 Å². The molecule has 21 heavy (non-hydrogen) atoms. The summed E-state index contributed by atoms with van der Waals surface area (Å²) in [6, 6.07) is 6.91. The van der Waals surface area contributed by atoms with Crippen LogP contribution in [-0.4, -0.2) is 22.2 Å². The number of carbonyl (C=O) groups excluding carboxylic acids is 1. The van der Waals surface area contributed by atoms with Crippen LogP contribution in [0.5, 0.6) is 0 Å². The number of hydrogen-bond donors (Lipinski definition) is 2. The van der Waals surface area contributed by atoms with E-state index in [1.165, 1.54) is 0 Å². The maximum absolute atomic E-state index is 12.0. The number of nitrogens with one attached hydrogen (secondary N) is 1. The zero-order chi connectivity index (χ0) is 15.4. The van der Waals surface area contributed by atoms with Crippen LogP contribution in [0.1, 0.15) is 28.2 Å². The van der Waals surface area contributed by atoms with Gasteiger partial charge in [0, 0.05) is 24.3 Å². The summed E-state index contributed by atoms with van der Waals surface area (Å²) in [6.45, 7) is 5.35. The summed E-state index contributed by atoms with van der Waals surface area (Å²) in [7, 11) is 0. The molecule has 0 aliphatic rings. The van der Waals surface area contributed by atoms with E-state index in [0.717, 1.165) is 24.4 Å². The topological polar surface area (TPSA) is 72.9 Å². The van der Waals surface area contributed by atoms with Gasteiger partial charge in [0.1, 0.15) is 0 Å². The Morgan fingerprint density at radius 2 is 2.14 bits per heavy atom. The molecule has 1 aromatic carbocycles. The number of anilines is 1. The molecule has 6 heteroatoms. The lowest BCUT2D eigenvalue weighted by Crippen LogP contribution is -2.25. The number of nitrogens with two attached hydrogens (primary N) is 1. The normalized spacial score (nSPS) is 10.6. The number of hydrogen-bond acceptors (Lipinski definition) is 3. The van der Waals surface area contributed by atoms with E-state index in [-0.39, 0.29) is 5.91 Å². The SMILES string of the molecule is Cc1cc(C)n(CCCNC(=O)c2ccc(Cl)c(N)c2)n1. The van der Waals surface area contributed by atoms with Crippen LogP contribution in [0.15, 0.2) is 24.3 Å². The fourth-order valence-corrected chi connectivity index (χ4v) is 2.24. The highest BCUT2D eigenvalue weighted by Crippen LogP contribution is 2.19. The third-order valence-corrected chi connectivity index (χ3v) is 3.54. The van der Waals surface area contributed by atoms with Gasteiger partial charge in [-0.25, -0.2) is 0 Å². The van der Waals surface area contributed by atoms with Crippen LogP contribution in [0, 0.1) is 13.8 Å². The van der Waals surface area contributed by atoms with Crippen LogP contribution >= 0.6 is 11.6 Å². The van der Waals surface area contributed by atoms with Crippen molar-refractivity contribution in [3.63, 3.8) is 0 Å². The molecule has 0 bridgehead atoms. The van der Waals surface area contributed by atoms with Gasteiger partial charge in [-0.1, -0.05) is 11.6 Å². The lowest BCUT2D eigenvalue weighted by molar-refractivity contribution is 0.0952. The zero-order valence-electron chi connectivity index (χ0n) is 12.2. The predicted octanol–water partition coefficient (Wildman–Crippen LogP) is 2.56. The zero-order valence-corrected chi connectivity index (χ0v) is 12.9. The Hall–Kier alpha value is -2.01. The number of aromatic nitrogens is 2. The Morgan fingerprint density at radius 1 is 1.38 bits per heavy atom. The van der Waals surface area contributed by atoms with Gasteiger partial charge in [-0.2, -0.15) is 5.10 Å². The second-order valence-corrected chi connectivity index (χ2v) is 5.40. The number of rotatable bonds is 5. The summed E-state index contributed by atoms with van der Waals surface area (Å²) in [6.07, 6.45) is 0.816. The first kappa shape index (κ1) is 15.4. The number of nitrogen functional groups attached to an aromatic ring is 1. The second kappa shape index (κ2) is 6.63. The summed E-state index contributed by atoms with van der Waals surface area (Å²) < 4.78 is 1.95.